The molecule has 0 unspecified atom stereocenters. The first-order valence-electron chi connectivity index (χ1n) is 5.33. The minimum Gasteiger partial charge on any atom is -0.456 e. The average Bonchev–Trinajstić information content (AvgIpc) is 2.20. The zero-order chi connectivity index (χ0) is 13.9. The minimum absolute atomic E-state index is 0.409. The van der Waals surface area contributed by atoms with Crippen LogP contribution in [0.4, 0.5) is 5.69 Å². The van der Waals surface area contributed by atoms with Crippen molar-refractivity contribution in [2.75, 3.05) is 0 Å². The molecule has 1 aromatic carbocycles. The molecule has 0 bridgehead atoms. The molecule has 5 nitrogen and oxygen atoms in total. The second-order valence-corrected chi connectivity index (χ2v) is 5.95. The van der Waals surface area contributed by atoms with Crippen LogP contribution in [0.25, 0.3) is 10.4 Å². The lowest BCUT2D eigenvalue weighted by Gasteiger charge is -2.20. The summed E-state index contributed by atoms with van der Waals surface area (Å²) in [6, 6.07) is 3.27. The van der Waals surface area contributed by atoms with Crippen molar-refractivity contribution in [3.05, 3.63) is 37.3 Å². The van der Waals surface area contributed by atoms with E-state index >= 15 is 0 Å². The van der Waals surface area contributed by atoms with E-state index in [2.05, 4.69) is 32.6 Å². The molecule has 0 aliphatic rings. The standard InChI is InChI=1S/C12H14IN3O2/c1-7-9(11(17)18-12(2,3)4)5-8(15-16-14)6-10(7)13/h5-6H,1-4H3. The molecule has 6 heteroatoms. The Morgan fingerprint density at radius 1 is 1.44 bits per heavy atom. The SMILES string of the molecule is Cc1c(I)cc(N=[N+]=[N-])cc1C(=O)OC(C)(C)C. The fourth-order valence-corrected chi connectivity index (χ4v) is 1.93. The molecule has 0 saturated heterocycles. The maximum atomic E-state index is 12.0. The van der Waals surface area contributed by atoms with Gasteiger partial charge in [0.2, 0.25) is 0 Å². The van der Waals surface area contributed by atoms with Gasteiger partial charge in [-0.05, 0) is 73.5 Å². The summed E-state index contributed by atoms with van der Waals surface area (Å²) in [5, 5.41) is 3.52. The van der Waals surface area contributed by atoms with Gasteiger partial charge < -0.3 is 4.74 Å². The third kappa shape index (κ3) is 3.89. The summed E-state index contributed by atoms with van der Waals surface area (Å²) in [6.45, 7) is 7.26. The number of carbonyl (C=O) groups is 1. The predicted molar refractivity (Wildman–Crippen MR) is 77.9 cm³/mol. The first-order chi connectivity index (χ1) is 8.24. The summed E-state index contributed by atoms with van der Waals surface area (Å²) < 4.78 is 6.18. The lowest BCUT2D eigenvalue weighted by atomic mass is 10.1. The van der Waals surface area contributed by atoms with Crippen molar-refractivity contribution >= 4 is 34.2 Å². The summed E-state index contributed by atoms with van der Waals surface area (Å²) in [7, 11) is 0. The Morgan fingerprint density at radius 3 is 2.56 bits per heavy atom. The average molecular weight is 359 g/mol. The van der Waals surface area contributed by atoms with E-state index < -0.39 is 11.6 Å². The van der Waals surface area contributed by atoms with E-state index in [-0.39, 0.29) is 0 Å². The van der Waals surface area contributed by atoms with Crippen molar-refractivity contribution in [2.24, 2.45) is 5.11 Å². The lowest BCUT2D eigenvalue weighted by Crippen LogP contribution is -2.24. The van der Waals surface area contributed by atoms with Gasteiger partial charge in [-0.15, -0.1) is 0 Å². The van der Waals surface area contributed by atoms with Gasteiger partial charge in [-0.3, -0.25) is 0 Å². The van der Waals surface area contributed by atoms with Crippen molar-refractivity contribution in [2.45, 2.75) is 33.3 Å². The Hall–Kier alpha value is -1.27. The summed E-state index contributed by atoms with van der Waals surface area (Å²) in [5.41, 5.74) is 9.54. The molecule has 0 aromatic heterocycles. The van der Waals surface area contributed by atoms with Crippen LogP contribution in [0.2, 0.25) is 0 Å². The molecule has 0 heterocycles. The minimum atomic E-state index is -0.552. The number of ether oxygens (including phenoxy) is 1. The Bertz CT molecular complexity index is 529. The van der Waals surface area contributed by atoms with Crippen LogP contribution in [0.1, 0.15) is 36.7 Å². The van der Waals surface area contributed by atoms with E-state index in [9.17, 15) is 4.79 Å². The normalized spacial score (nSPS) is 10.7. The van der Waals surface area contributed by atoms with Crippen LogP contribution in [-0.4, -0.2) is 11.6 Å². The summed E-state index contributed by atoms with van der Waals surface area (Å²) in [6.07, 6.45) is 0. The molecule has 1 rings (SSSR count). The summed E-state index contributed by atoms with van der Waals surface area (Å²) >= 11 is 2.09. The zero-order valence-electron chi connectivity index (χ0n) is 10.7. The number of azide groups is 1. The smallest absolute Gasteiger partial charge is 0.338 e. The van der Waals surface area contributed by atoms with Gasteiger partial charge in [-0.25, -0.2) is 4.79 Å². The first-order valence-corrected chi connectivity index (χ1v) is 6.41. The topological polar surface area (TPSA) is 75.1 Å². The van der Waals surface area contributed by atoms with Gasteiger partial charge in [-0.2, -0.15) is 0 Å². The highest BCUT2D eigenvalue weighted by Crippen LogP contribution is 2.26. The quantitative estimate of drug-likeness (QED) is 0.256. The first kappa shape index (κ1) is 14.8. The van der Waals surface area contributed by atoms with E-state index in [1.54, 1.807) is 12.1 Å². The molecular formula is C12H14IN3O2. The second-order valence-electron chi connectivity index (χ2n) is 4.79. The van der Waals surface area contributed by atoms with E-state index in [1.807, 2.05) is 27.7 Å². The zero-order valence-corrected chi connectivity index (χ0v) is 12.8. The van der Waals surface area contributed by atoms with Crippen LogP contribution >= 0.6 is 22.6 Å². The Balaban J connectivity index is 3.22. The molecule has 0 aliphatic carbocycles. The van der Waals surface area contributed by atoms with Gasteiger partial charge in [0.05, 0.1) is 5.56 Å². The Kier molecular flexibility index (Phi) is 4.59. The highest BCUT2D eigenvalue weighted by molar-refractivity contribution is 14.1. The van der Waals surface area contributed by atoms with Crippen molar-refractivity contribution in [3.63, 3.8) is 0 Å². The maximum Gasteiger partial charge on any atom is 0.338 e. The van der Waals surface area contributed by atoms with Crippen LogP contribution in [0.5, 0.6) is 0 Å². The second kappa shape index (κ2) is 5.58. The largest absolute Gasteiger partial charge is 0.456 e. The van der Waals surface area contributed by atoms with Crippen molar-refractivity contribution in [1.29, 1.82) is 0 Å². The van der Waals surface area contributed by atoms with Gasteiger partial charge in [-0.1, -0.05) is 5.11 Å². The molecule has 0 radical (unpaired) electrons. The van der Waals surface area contributed by atoms with Crippen LogP contribution in [0.3, 0.4) is 0 Å². The van der Waals surface area contributed by atoms with Crippen molar-refractivity contribution in [1.82, 2.24) is 0 Å². The highest BCUT2D eigenvalue weighted by Gasteiger charge is 2.20. The van der Waals surface area contributed by atoms with E-state index in [0.717, 1.165) is 9.13 Å². The third-order valence-corrected chi connectivity index (χ3v) is 3.23. The van der Waals surface area contributed by atoms with E-state index in [0.29, 0.717) is 11.3 Å². The van der Waals surface area contributed by atoms with Crippen LogP contribution < -0.4 is 0 Å². The molecule has 0 N–H and O–H groups in total. The number of hydrogen-bond acceptors (Lipinski definition) is 3. The number of esters is 1. The highest BCUT2D eigenvalue weighted by atomic mass is 127. The summed E-state index contributed by atoms with van der Waals surface area (Å²) in [5.74, 6) is -0.409. The van der Waals surface area contributed by atoms with Gasteiger partial charge in [0, 0.05) is 14.2 Å². The van der Waals surface area contributed by atoms with Gasteiger partial charge in [0.1, 0.15) is 5.60 Å². The number of hydrogen-bond donors (Lipinski definition) is 0. The van der Waals surface area contributed by atoms with Gasteiger partial charge in [0.15, 0.2) is 0 Å². The number of benzene rings is 1. The number of rotatable bonds is 2. The van der Waals surface area contributed by atoms with Gasteiger partial charge in [0.25, 0.3) is 0 Å². The molecule has 1 aromatic rings. The summed E-state index contributed by atoms with van der Waals surface area (Å²) in [4.78, 5) is 14.8. The number of halogens is 1. The molecule has 96 valence electrons. The molecule has 0 spiro atoms. The maximum absolute atomic E-state index is 12.0. The Morgan fingerprint density at radius 2 is 2.06 bits per heavy atom. The molecule has 0 aliphatic heterocycles. The number of carbonyl (C=O) groups excluding carboxylic acids is 1. The van der Waals surface area contributed by atoms with E-state index in [1.165, 1.54) is 0 Å². The molecule has 0 saturated carbocycles. The fraction of sp³-hybridized carbons (Fsp3) is 0.417. The van der Waals surface area contributed by atoms with Gasteiger partial charge >= 0.3 is 5.97 Å². The lowest BCUT2D eigenvalue weighted by molar-refractivity contribution is 0.00687. The third-order valence-electron chi connectivity index (χ3n) is 2.11. The van der Waals surface area contributed by atoms with E-state index in [4.69, 9.17) is 10.3 Å². The fourth-order valence-electron chi connectivity index (χ4n) is 1.32. The molecule has 0 fully saturated rings. The Labute approximate surface area is 119 Å². The molecular weight excluding hydrogens is 345 g/mol. The monoisotopic (exact) mass is 359 g/mol. The van der Waals surface area contributed by atoms with Crippen LogP contribution in [-0.2, 0) is 4.74 Å². The van der Waals surface area contributed by atoms with Crippen molar-refractivity contribution in [3.8, 4) is 0 Å². The van der Waals surface area contributed by atoms with Crippen molar-refractivity contribution < 1.29 is 9.53 Å². The molecule has 0 atom stereocenters. The van der Waals surface area contributed by atoms with Crippen LogP contribution in [0.15, 0.2) is 17.2 Å². The van der Waals surface area contributed by atoms with Crippen LogP contribution in [0, 0.1) is 10.5 Å². The molecule has 0 amide bonds. The number of nitrogens with zero attached hydrogens (tertiary/aromatic N) is 3. The predicted octanol–water partition coefficient (Wildman–Crippen LogP) is 4.50. The molecule has 18 heavy (non-hydrogen) atoms.